The van der Waals surface area contributed by atoms with Crippen LogP contribution in [-0.4, -0.2) is 33.3 Å². The van der Waals surface area contributed by atoms with Crippen molar-refractivity contribution in [2.75, 3.05) is 17.6 Å². The quantitative estimate of drug-likeness (QED) is 0.671. The van der Waals surface area contributed by atoms with Gasteiger partial charge < -0.3 is 21.5 Å². The van der Waals surface area contributed by atoms with Crippen LogP contribution in [0.5, 0.6) is 0 Å². The molecule has 7 heteroatoms. The highest BCUT2D eigenvalue weighted by molar-refractivity contribution is 5.68. The van der Waals surface area contributed by atoms with E-state index in [-0.39, 0.29) is 5.95 Å². The third-order valence-electron chi connectivity index (χ3n) is 3.78. The Morgan fingerprint density at radius 2 is 2.00 bits per heavy atom. The van der Waals surface area contributed by atoms with Crippen LogP contribution >= 0.6 is 0 Å². The summed E-state index contributed by atoms with van der Waals surface area (Å²) in [6.45, 7) is 8.01. The molecule has 0 atom stereocenters. The summed E-state index contributed by atoms with van der Waals surface area (Å²) in [6.07, 6.45) is -1.07. The van der Waals surface area contributed by atoms with Crippen LogP contribution < -0.4 is 16.4 Å². The van der Waals surface area contributed by atoms with Crippen molar-refractivity contribution in [1.82, 2.24) is 15.3 Å². The molecule has 0 radical (unpaired) electrons. The van der Waals surface area contributed by atoms with Gasteiger partial charge in [-0.05, 0) is 38.8 Å². The maximum Gasteiger partial charge on any atom is 0.405 e. The Kier molecular flexibility index (Phi) is 4.92. The van der Waals surface area contributed by atoms with Crippen LogP contribution in [0.15, 0.2) is 24.3 Å². The van der Waals surface area contributed by atoms with Crippen molar-refractivity contribution in [3.05, 3.63) is 35.4 Å². The maximum atomic E-state index is 10.8. The molecule has 0 aliphatic carbocycles. The number of nitrogens with one attached hydrogen (secondary N) is 2. The second-order valence-corrected chi connectivity index (χ2v) is 6.41. The van der Waals surface area contributed by atoms with Crippen molar-refractivity contribution in [3.8, 4) is 11.3 Å². The third-order valence-corrected chi connectivity index (χ3v) is 3.78. The average molecular weight is 329 g/mol. The number of nitrogens with zero attached hydrogens (tertiary/aromatic N) is 2. The van der Waals surface area contributed by atoms with Crippen molar-refractivity contribution in [2.45, 2.75) is 33.2 Å². The number of carbonyl (C=O) groups is 1. The van der Waals surface area contributed by atoms with Crippen LogP contribution in [-0.2, 0) is 0 Å². The number of hydrogen-bond acceptors (Lipinski definition) is 5. The van der Waals surface area contributed by atoms with Gasteiger partial charge in [0.1, 0.15) is 5.82 Å². The molecule has 5 N–H and O–H groups in total. The van der Waals surface area contributed by atoms with E-state index in [1.165, 1.54) is 5.56 Å². The summed E-state index contributed by atoms with van der Waals surface area (Å²) in [5, 5.41) is 14.4. The Hall–Kier alpha value is -2.83. The summed E-state index contributed by atoms with van der Waals surface area (Å²) in [4.78, 5) is 19.3. The highest BCUT2D eigenvalue weighted by Crippen LogP contribution is 2.26. The number of nitrogens with two attached hydrogens (primary N) is 1. The molecule has 128 valence electrons. The Balaban J connectivity index is 2.26. The Labute approximate surface area is 141 Å². The topological polar surface area (TPSA) is 113 Å². The van der Waals surface area contributed by atoms with Crippen molar-refractivity contribution in [3.63, 3.8) is 0 Å². The van der Waals surface area contributed by atoms with Crippen molar-refractivity contribution >= 4 is 17.9 Å². The molecule has 0 unspecified atom stereocenters. The number of anilines is 2. The van der Waals surface area contributed by atoms with Crippen molar-refractivity contribution in [1.29, 1.82) is 0 Å². The van der Waals surface area contributed by atoms with E-state index in [4.69, 9.17) is 10.8 Å². The van der Waals surface area contributed by atoms with Crippen LogP contribution in [0.2, 0.25) is 0 Å². The summed E-state index contributed by atoms with van der Waals surface area (Å²) in [7, 11) is 0. The van der Waals surface area contributed by atoms with E-state index in [2.05, 4.69) is 20.6 Å². The lowest BCUT2D eigenvalue weighted by Gasteiger charge is -2.25. The van der Waals surface area contributed by atoms with Crippen LogP contribution in [0, 0.1) is 13.8 Å². The van der Waals surface area contributed by atoms with Gasteiger partial charge in [0, 0.05) is 18.2 Å². The minimum Gasteiger partial charge on any atom is -0.465 e. The zero-order chi connectivity index (χ0) is 17.9. The zero-order valence-corrected chi connectivity index (χ0v) is 14.3. The van der Waals surface area contributed by atoms with Gasteiger partial charge in [-0.2, -0.15) is 4.98 Å². The molecule has 2 rings (SSSR count). The van der Waals surface area contributed by atoms with Crippen LogP contribution in [0.25, 0.3) is 11.3 Å². The summed E-state index contributed by atoms with van der Waals surface area (Å²) in [5.41, 5.74) is 9.22. The van der Waals surface area contributed by atoms with E-state index in [0.29, 0.717) is 12.4 Å². The summed E-state index contributed by atoms with van der Waals surface area (Å²) < 4.78 is 0. The van der Waals surface area contributed by atoms with Gasteiger partial charge in [0.2, 0.25) is 5.95 Å². The standard InChI is InChI=1S/C17H23N5O2/c1-10-6-5-7-12(11(10)2)13-8-14(21-15(18)20-13)19-9-17(3,4)22-16(23)24/h5-8,22H,9H2,1-4H3,(H,23,24)(H3,18,19,20,21). The molecule has 2 aromatic rings. The van der Waals surface area contributed by atoms with Crippen LogP contribution in [0.4, 0.5) is 16.6 Å². The first kappa shape index (κ1) is 17.5. The van der Waals surface area contributed by atoms with E-state index >= 15 is 0 Å². The fourth-order valence-corrected chi connectivity index (χ4v) is 2.37. The van der Waals surface area contributed by atoms with E-state index < -0.39 is 11.6 Å². The molecular weight excluding hydrogens is 306 g/mol. The van der Waals surface area contributed by atoms with Crippen molar-refractivity contribution < 1.29 is 9.90 Å². The number of amides is 1. The lowest BCUT2D eigenvalue weighted by Crippen LogP contribution is -2.47. The average Bonchev–Trinajstić information content (AvgIpc) is 2.46. The number of benzene rings is 1. The lowest BCUT2D eigenvalue weighted by atomic mass is 10.0. The number of carboxylic acid groups (broad SMARTS) is 1. The number of hydrogen-bond donors (Lipinski definition) is 4. The van der Waals surface area contributed by atoms with E-state index in [0.717, 1.165) is 16.8 Å². The Bertz CT molecular complexity index is 759. The summed E-state index contributed by atoms with van der Waals surface area (Å²) >= 11 is 0. The fraction of sp³-hybridized carbons (Fsp3) is 0.353. The number of aryl methyl sites for hydroxylation is 1. The fourth-order valence-electron chi connectivity index (χ4n) is 2.37. The summed E-state index contributed by atoms with van der Waals surface area (Å²) in [5.74, 6) is 0.721. The minimum atomic E-state index is -1.07. The number of rotatable bonds is 5. The second-order valence-electron chi connectivity index (χ2n) is 6.41. The molecule has 0 fully saturated rings. The Morgan fingerprint density at radius 3 is 2.67 bits per heavy atom. The number of aromatic nitrogens is 2. The SMILES string of the molecule is Cc1cccc(-c2cc(NCC(C)(C)NC(=O)O)nc(N)n2)c1C. The van der Waals surface area contributed by atoms with Gasteiger partial charge in [-0.3, -0.25) is 0 Å². The van der Waals surface area contributed by atoms with Gasteiger partial charge in [-0.15, -0.1) is 0 Å². The van der Waals surface area contributed by atoms with Gasteiger partial charge in [-0.1, -0.05) is 18.2 Å². The monoisotopic (exact) mass is 329 g/mol. The second kappa shape index (κ2) is 6.74. The first-order chi connectivity index (χ1) is 11.2. The normalized spacial score (nSPS) is 11.2. The highest BCUT2D eigenvalue weighted by atomic mass is 16.4. The van der Waals surface area contributed by atoms with Gasteiger partial charge in [0.25, 0.3) is 0 Å². The lowest BCUT2D eigenvalue weighted by molar-refractivity contribution is 0.183. The third kappa shape index (κ3) is 4.34. The largest absolute Gasteiger partial charge is 0.465 e. The van der Waals surface area contributed by atoms with Gasteiger partial charge in [-0.25, -0.2) is 9.78 Å². The molecule has 0 aliphatic heterocycles. The van der Waals surface area contributed by atoms with Crippen LogP contribution in [0.1, 0.15) is 25.0 Å². The first-order valence-electron chi connectivity index (χ1n) is 7.64. The van der Waals surface area contributed by atoms with E-state index in [1.807, 2.05) is 38.1 Å². The molecule has 1 amide bonds. The number of nitrogen functional groups attached to an aromatic ring is 1. The van der Waals surface area contributed by atoms with Gasteiger partial charge in [0.15, 0.2) is 0 Å². The molecule has 1 aromatic carbocycles. The van der Waals surface area contributed by atoms with E-state index in [9.17, 15) is 4.79 Å². The first-order valence-corrected chi connectivity index (χ1v) is 7.64. The van der Waals surface area contributed by atoms with Gasteiger partial charge in [0.05, 0.1) is 11.2 Å². The maximum absolute atomic E-state index is 10.8. The Morgan fingerprint density at radius 1 is 1.29 bits per heavy atom. The minimum absolute atomic E-state index is 0.167. The molecule has 1 aromatic heterocycles. The molecule has 0 saturated carbocycles. The predicted molar refractivity (Wildman–Crippen MR) is 95.1 cm³/mol. The zero-order valence-electron chi connectivity index (χ0n) is 14.3. The van der Waals surface area contributed by atoms with Crippen molar-refractivity contribution in [2.24, 2.45) is 0 Å². The molecule has 0 bridgehead atoms. The molecule has 0 aliphatic rings. The highest BCUT2D eigenvalue weighted by Gasteiger charge is 2.20. The van der Waals surface area contributed by atoms with Crippen LogP contribution in [0.3, 0.4) is 0 Å². The van der Waals surface area contributed by atoms with Gasteiger partial charge >= 0.3 is 6.09 Å². The molecular formula is C17H23N5O2. The predicted octanol–water partition coefficient (Wildman–Crippen LogP) is 2.80. The molecule has 0 saturated heterocycles. The smallest absolute Gasteiger partial charge is 0.405 e. The molecule has 24 heavy (non-hydrogen) atoms. The molecule has 1 heterocycles. The van der Waals surface area contributed by atoms with E-state index in [1.54, 1.807) is 13.8 Å². The molecule has 7 nitrogen and oxygen atoms in total. The molecule has 0 spiro atoms. The summed E-state index contributed by atoms with van der Waals surface area (Å²) in [6, 6.07) is 7.82.